The van der Waals surface area contributed by atoms with Crippen molar-refractivity contribution in [1.29, 1.82) is 0 Å². The van der Waals surface area contributed by atoms with Gasteiger partial charge in [0.05, 0.1) is 13.2 Å². The van der Waals surface area contributed by atoms with E-state index in [4.69, 9.17) is 17.0 Å². The fourth-order valence-corrected chi connectivity index (χ4v) is 1.12. The van der Waals surface area contributed by atoms with Gasteiger partial charge in [-0.05, 0) is 20.1 Å². The molecule has 8 heteroatoms. The molecular weight excluding hydrogens is 252 g/mol. The van der Waals surface area contributed by atoms with Crippen molar-refractivity contribution in [2.75, 3.05) is 19.5 Å². The second-order valence-electron chi connectivity index (χ2n) is 2.34. The van der Waals surface area contributed by atoms with E-state index in [1.807, 2.05) is 0 Å². The predicted octanol–water partition coefficient (Wildman–Crippen LogP) is 1.75. The normalized spacial score (nSPS) is 9.19. The Kier molecular flexibility index (Phi) is 7.65. The highest BCUT2D eigenvalue weighted by atomic mass is 32.2. The van der Waals surface area contributed by atoms with Crippen molar-refractivity contribution in [3.63, 3.8) is 0 Å². The van der Waals surface area contributed by atoms with E-state index in [9.17, 15) is 9.59 Å². The molecule has 0 rings (SSSR count). The Hall–Kier alpha value is -1.02. The number of hydrogen-bond donors (Lipinski definition) is 1. The number of thiocarbonyl (C=S) groups is 1. The van der Waals surface area contributed by atoms with Crippen molar-refractivity contribution in [2.24, 2.45) is 0 Å². The van der Waals surface area contributed by atoms with E-state index in [2.05, 4.69) is 10.2 Å². The van der Waals surface area contributed by atoms with Crippen LogP contribution in [-0.2, 0) is 9.47 Å². The second kappa shape index (κ2) is 8.17. The highest BCUT2D eigenvalue weighted by molar-refractivity contribution is 8.22. The van der Waals surface area contributed by atoms with Gasteiger partial charge in [-0.15, -0.1) is 0 Å². The van der Waals surface area contributed by atoms with Gasteiger partial charge in [-0.3, -0.25) is 0 Å². The molecule has 0 heterocycles. The van der Waals surface area contributed by atoms with Crippen molar-refractivity contribution in [3.8, 4) is 0 Å². The summed E-state index contributed by atoms with van der Waals surface area (Å²) in [6.07, 6.45) is 0.184. The van der Waals surface area contributed by atoms with Crippen molar-refractivity contribution in [3.05, 3.63) is 0 Å². The Morgan fingerprint density at radius 2 is 1.88 bits per heavy atom. The van der Waals surface area contributed by atoms with E-state index in [1.165, 1.54) is 0 Å². The molecule has 0 aromatic rings. The third-order valence-electron chi connectivity index (χ3n) is 1.29. The minimum atomic E-state index is -0.757. The second-order valence-corrected chi connectivity index (χ2v) is 3.78. The highest BCUT2D eigenvalue weighted by Gasteiger charge is 2.21. The molecule has 0 saturated heterocycles. The molecule has 0 bridgehead atoms. The quantitative estimate of drug-likeness (QED) is 0.606. The van der Waals surface area contributed by atoms with E-state index in [1.54, 1.807) is 20.1 Å². The van der Waals surface area contributed by atoms with Gasteiger partial charge in [0.1, 0.15) is 0 Å². The third-order valence-corrected chi connectivity index (χ3v) is 2.50. The number of nitrogens with zero attached hydrogens (tertiary/aromatic N) is 1. The molecule has 0 aliphatic heterocycles. The smallest absolute Gasteiger partial charge is 0.434 e. The number of carbonyl (C=O) groups is 2. The van der Waals surface area contributed by atoms with Crippen LogP contribution in [-0.4, -0.2) is 41.0 Å². The van der Waals surface area contributed by atoms with E-state index >= 15 is 0 Å². The topological polar surface area (TPSA) is 67.9 Å². The lowest BCUT2D eigenvalue weighted by Gasteiger charge is -2.20. The molecule has 0 aromatic carbocycles. The maximum atomic E-state index is 11.4. The van der Waals surface area contributed by atoms with Crippen LogP contribution in [0.1, 0.15) is 13.8 Å². The number of nitrogens with one attached hydrogen (secondary N) is 1. The molecule has 16 heavy (non-hydrogen) atoms. The molecule has 1 N–H and O–H groups in total. The first-order valence-electron chi connectivity index (χ1n) is 4.55. The summed E-state index contributed by atoms with van der Waals surface area (Å²) in [6.45, 7) is 3.70. The standard InChI is InChI=1S/C8H14N2O4S2/c1-4-13-6(11)9-10(8(15)16-3)7(12)14-5-2/h4-5H2,1-3H3,(H,9,11). The van der Waals surface area contributed by atoms with Gasteiger partial charge in [0.2, 0.25) is 0 Å². The summed E-state index contributed by atoms with van der Waals surface area (Å²) in [5.74, 6) is 0. The summed E-state index contributed by atoms with van der Waals surface area (Å²) in [6, 6.07) is 0. The van der Waals surface area contributed by atoms with Crippen molar-refractivity contribution in [2.45, 2.75) is 13.8 Å². The number of amides is 2. The average molecular weight is 266 g/mol. The number of ether oxygens (including phenoxy) is 2. The summed E-state index contributed by atoms with van der Waals surface area (Å²) in [5, 5.41) is 0.835. The molecule has 0 atom stereocenters. The maximum absolute atomic E-state index is 11.4. The van der Waals surface area contributed by atoms with Crippen molar-refractivity contribution in [1.82, 2.24) is 10.4 Å². The molecule has 0 unspecified atom stereocenters. The molecule has 2 amide bonds. The highest BCUT2D eigenvalue weighted by Crippen LogP contribution is 2.05. The monoisotopic (exact) mass is 266 g/mol. The lowest BCUT2D eigenvalue weighted by Crippen LogP contribution is -2.48. The Labute approximate surface area is 104 Å². The van der Waals surface area contributed by atoms with Gasteiger partial charge in [0.15, 0.2) is 4.32 Å². The first kappa shape index (κ1) is 15.0. The molecule has 0 saturated carbocycles. The van der Waals surface area contributed by atoms with Crippen LogP contribution in [0.25, 0.3) is 0 Å². The minimum absolute atomic E-state index is 0.173. The van der Waals surface area contributed by atoms with Gasteiger partial charge in [0, 0.05) is 0 Å². The van der Waals surface area contributed by atoms with E-state index in [0.717, 1.165) is 16.8 Å². The fraction of sp³-hybridized carbons (Fsp3) is 0.625. The van der Waals surface area contributed by atoms with E-state index < -0.39 is 12.2 Å². The molecule has 0 radical (unpaired) electrons. The fourth-order valence-electron chi connectivity index (χ4n) is 0.700. The Bertz CT molecular complexity index is 273. The van der Waals surface area contributed by atoms with Crippen molar-refractivity contribution < 1.29 is 19.1 Å². The summed E-state index contributed by atoms with van der Waals surface area (Å²) < 4.78 is 9.52. The van der Waals surface area contributed by atoms with E-state index in [-0.39, 0.29) is 17.5 Å². The Morgan fingerprint density at radius 3 is 2.31 bits per heavy atom. The van der Waals surface area contributed by atoms with Crippen LogP contribution >= 0.6 is 24.0 Å². The number of thioether (sulfide) groups is 1. The van der Waals surface area contributed by atoms with Crippen LogP contribution in [0.15, 0.2) is 0 Å². The van der Waals surface area contributed by atoms with Gasteiger partial charge in [-0.25, -0.2) is 15.0 Å². The zero-order valence-electron chi connectivity index (χ0n) is 9.31. The number of hydrazine groups is 1. The first-order chi connectivity index (χ1) is 7.56. The molecule has 0 aromatic heterocycles. The number of carbonyl (C=O) groups excluding carboxylic acids is 2. The van der Waals surface area contributed by atoms with Crippen LogP contribution < -0.4 is 5.43 Å². The molecule has 0 aliphatic carbocycles. The summed E-state index contributed by atoms with van der Waals surface area (Å²) in [5.41, 5.74) is 2.19. The SMILES string of the molecule is CCOC(=O)NN(C(=O)OCC)C(=S)SC. The zero-order chi connectivity index (χ0) is 12.6. The van der Waals surface area contributed by atoms with E-state index in [0.29, 0.717) is 0 Å². The van der Waals surface area contributed by atoms with Crippen LogP contribution in [0.5, 0.6) is 0 Å². The summed E-state index contributed by atoms with van der Waals surface area (Å²) in [4.78, 5) is 22.5. The van der Waals surface area contributed by atoms with Gasteiger partial charge >= 0.3 is 12.2 Å². The lowest BCUT2D eigenvalue weighted by molar-refractivity contribution is 0.101. The van der Waals surface area contributed by atoms with Crippen LogP contribution in [0.4, 0.5) is 9.59 Å². The molecule has 6 nitrogen and oxygen atoms in total. The number of hydrogen-bond acceptors (Lipinski definition) is 6. The largest absolute Gasteiger partial charge is 0.449 e. The number of rotatable bonds is 2. The zero-order valence-corrected chi connectivity index (χ0v) is 10.9. The average Bonchev–Trinajstić information content (AvgIpc) is 2.25. The predicted molar refractivity (Wildman–Crippen MR) is 65.1 cm³/mol. The molecule has 92 valence electrons. The minimum Gasteiger partial charge on any atom is -0.449 e. The maximum Gasteiger partial charge on any atom is 0.434 e. The van der Waals surface area contributed by atoms with Crippen LogP contribution in [0.2, 0.25) is 0 Å². The molecular formula is C8H14N2O4S2. The van der Waals surface area contributed by atoms with Crippen LogP contribution in [0, 0.1) is 0 Å². The van der Waals surface area contributed by atoms with Gasteiger partial charge < -0.3 is 9.47 Å². The Balaban J connectivity index is 4.49. The summed E-state index contributed by atoms with van der Waals surface area (Å²) in [7, 11) is 0. The summed E-state index contributed by atoms with van der Waals surface area (Å²) >= 11 is 6.02. The molecule has 0 fully saturated rings. The van der Waals surface area contributed by atoms with Gasteiger partial charge in [-0.2, -0.15) is 5.01 Å². The van der Waals surface area contributed by atoms with Gasteiger partial charge in [-0.1, -0.05) is 24.0 Å². The first-order valence-corrected chi connectivity index (χ1v) is 6.18. The van der Waals surface area contributed by atoms with Crippen LogP contribution in [0.3, 0.4) is 0 Å². The lowest BCUT2D eigenvalue weighted by atomic mass is 10.8. The third kappa shape index (κ3) is 5.17. The van der Waals surface area contributed by atoms with Crippen molar-refractivity contribution >= 4 is 40.5 Å². The Morgan fingerprint density at radius 1 is 1.31 bits per heavy atom. The molecule has 0 spiro atoms. The molecule has 0 aliphatic rings. The van der Waals surface area contributed by atoms with Gasteiger partial charge in [0.25, 0.3) is 0 Å².